The van der Waals surface area contributed by atoms with Gasteiger partial charge in [-0.1, -0.05) is 117 Å². The molecule has 1 aliphatic carbocycles. The summed E-state index contributed by atoms with van der Waals surface area (Å²) in [6.07, 6.45) is 10.7. The van der Waals surface area contributed by atoms with Crippen LogP contribution in [0, 0.1) is 58.1 Å². The van der Waals surface area contributed by atoms with Crippen molar-refractivity contribution in [2.24, 2.45) is 11.3 Å². The molecule has 2 aromatic heterocycles. The van der Waals surface area contributed by atoms with Crippen molar-refractivity contribution < 1.29 is 32.7 Å². The van der Waals surface area contributed by atoms with Gasteiger partial charge in [0.15, 0.2) is 5.78 Å². The van der Waals surface area contributed by atoms with Gasteiger partial charge in [0.05, 0.1) is 2.74 Å². The van der Waals surface area contributed by atoms with Crippen molar-refractivity contribution in [3.8, 4) is 22.5 Å². The molecule has 0 spiro atoms. The molecular formula is C54H64IrN2O2-2. The van der Waals surface area contributed by atoms with Gasteiger partial charge in [0.25, 0.3) is 0 Å². The van der Waals surface area contributed by atoms with Crippen molar-refractivity contribution in [3.63, 3.8) is 0 Å². The van der Waals surface area contributed by atoms with Gasteiger partial charge in [0.1, 0.15) is 5.76 Å². The molecule has 1 aliphatic rings. The second-order valence-electron chi connectivity index (χ2n) is 16.6. The third-order valence-corrected chi connectivity index (χ3v) is 12.1. The summed E-state index contributed by atoms with van der Waals surface area (Å²) in [6.45, 7) is 20.4. The summed E-state index contributed by atoms with van der Waals surface area (Å²) in [5.41, 5.74) is 10.6. The predicted octanol–water partition coefficient (Wildman–Crippen LogP) is 14.9. The third-order valence-electron chi connectivity index (χ3n) is 12.1. The quantitative estimate of drug-likeness (QED) is 0.0844. The van der Waals surface area contributed by atoms with Crippen molar-refractivity contribution >= 4 is 27.3 Å². The number of aromatic nitrogens is 2. The van der Waals surface area contributed by atoms with E-state index in [1.807, 2.05) is 53.7 Å². The molecule has 0 aliphatic heterocycles. The number of allylic oxidation sites excluding steroid dienone is 2. The molecule has 0 atom stereocenters. The van der Waals surface area contributed by atoms with Crippen LogP contribution in [0.15, 0.2) is 97.0 Å². The number of carbonyl (C=O) groups is 1. The molecular weight excluding hydrogens is 901 g/mol. The Labute approximate surface area is 371 Å². The Balaban J connectivity index is 0.000000205. The van der Waals surface area contributed by atoms with Crippen LogP contribution in [0.2, 0.25) is 0 Å². The van der Waals surface area contributed by atoms with Gasteiger partial charge >= 0.3 is 0 Å². The van der Waals surface area contributed by atoms with E-state index in [1.54, 1.807) is 0 Å². The van der Waals surface area contributed by atoms with E-state index in [1.165, 1.54) is 54.0 Å². The second kappa shape index (κ2) is 21.7. The molecule has 2 heterocycles. The number of pyridine rings is 2. The fraction of sp³-hybridized carbons (Fsp3) is 0.389. The number of fused-ring (bicyclic) bond motifs is 2. The normalized spacial score (nSPS) is 13.6. The van der Waals surface area contributed by atoms with Crippen molar-refractivity contribution in [3.05, 3.63) is 142 Å². The minimum atomic E-state index is -0.248. The van der Waals surface area contributed by atoms with E-state index in [9.17, 15) is 9.90 Å². The number of hydrogen-bond donors (Lipinski definition) is 1. The van der Waals surface area contributed by atoms with E-state index < -0.39 is 0 Å². The van der Waals surface area contributed by atoms with E-state index in [2.05, 4.69) is 110 Å². The molecule has 59 heavy (non-hydrogen) atoms. The van der Waals surface area contributed by atoms with Gasteiger partial charge in [-0.2, -0.15) is 0 Å². The number of carbonyl (C=O) groups excluding carboxylic acids is 1. The fourth-order valence-electron chi connectivity index (χ4n) is 8.09. The standard InChI is InChI=1S/C22H22N.C18H16N.C14H26O2.Ir/c1-15-11-16(2)13-20(12-15)22-21-8-7-18(17-5-3-4-6-17)14-19(21)9-10-23-22;1-12-4-5-17-15(9-12)6-7-19-18(17)16-10-13(2)8-14(3)11-16;1-6-11(7-2)12(15)10-13(16)14(5,8-3)9-4;/h7-12,14,17H,3-6H2,1-2H3;4-10H,1-3H3;10-11,16H,6-9H2,1-5H3;/q2*-1;;/b;;13-10-;/i10D;7D;;. The maximum atomic E-state index is 11.9. The van der Waals surface area contributed by atoms with Gasteiger partial charge in [0.2, 0.25) is 0 Å². The van der Waals surface area contributed by atoms with Gasteiger partial charge in [-0.25, -0.2) is 0 Å². The minimum Gasteiger partial charge on any atom is -0.512 e. The Kier molecular flexibility index (Phi) is 16.2. The van der Waals surface area contributed by atoms with Gasteiger partial charge in [-0.3, -0.25) is 4.79 Å². The van der Waals surface area contributed by atoms with Crippen LogP contribution >= 0.6 is 0 Å². The Bertz CT molecular complexity index is 2430. The van der Waals surface area contributed by atoms with Gasteiger partial charge in [-0.15, -0.1) is 69.8 Å². The average molecular weight is 967 g/mol. The third kappa shape index (κ3) is 12.1. The van der Waals surface area contributed by atoms with Crippen molar-refractivity contribution in [1.82, 2.24) is 9.97 Å². The number of aliphatic hydroxyl groups is 1. The number of rotatable bonds is 10. The molecule has 1 N–H and O–H groups in total. The number of benzene rings is 4. The van der Waals surface area contributed by atoms with Crippen LogP contribution in [-0.4, -0.2) is 20.9 Å². The zero-order valence-electron chi connectivity index (χ0n) is 38.9. The summed E-state index contributed by atoms with van der Waals surface area (Å²) in [5, 5.41) is 14.4. The maximum Gasteiger partial charge on any atom is 0.162 e. The van der Waals surface area contributed by atoms with Crippen molar-refractivity contribution in [2.75, 3.05) is 0 Å². The van der Waals surface area contributed by atoms with E-state index in [-0.39, 0.29) is 43.0 Å². The SMILES string of the molecule is CCC(CC)C(=O)/C=C(\O)C(C)(CC)CC.[2H]c1cc2cc(C)ccc2c(-c2[c-]c(C)cc(C)c2)n1.[2H]c1cc2cc(C3CCCC3)ccc2c(-c2[c-]c(C)cc(C)c2)n1.[Ir]. The Hall–Kier alpha value is -4.44. The Morgan fingerprint density at radius 2 is 1.24 bits per heavy atom. The molecule has 1 fully saturated rings. The first-order valence-electron chi connectivity index (χ1n) is 22.3. The molecule has 4 nitrogen and oxygen atoms in total. The van der Waals surface area contributed by atoms with Crippen LogP contribution < -0.4 is 0 Å². The molecule has 5 heteroatoms. The zero-order valence-corrected chi connectivity index (χ0v) is 39.3. The van der Waals surface area contributed by atoms with Gasteiger partial charge < -0.3 is 15.1 Å². The van der Waals surface area contributed by atoms with Crippen LogP contribution in [0.25, 0.3) is 44.1 Å². The van der Waals surface area contributed by atoms with Crippen molar-refractivity contribution in [2.45, 2.75) is 127 Å². The summed E-state index contributed by atoms with van der Waals surface area (Å²) < 4.78 is 16.0. The van der Waals surface area contributed by atoms with Crippen LogP contribution in [0.4, 0.5) is 0 Å². The zero-order chi connectivity index (χ0) is 43.7. The summed E-state index contributed by atoms with van der Waals surface area (Å²) in [5.74, 6) is 1.05. The largest absolute Gasteiger partial charge is 0.512 e. The fourth-order valence-corrected chi connectivity index (χ4v) is 8.09. The number of nitrogens with zero attached hydrogens (tertiary/aromatic N) is 2. The number of ketones is 1. The van der Waals surface area contributed by atoms with Crippen LogP contribution in [-0.2, 0) is 24.9 Å². The number of hydrogen-bond acceptors (Lipinski definition) is 4. The van der Waals surface area contributed by atoms with E-state index in [0.717, 1.165) is 80.9 Å². The smallest absolute Gasteiger partial charge is 0.162 e. The molecule has 1 radical (unpaired) electrons. The van der Waals surface area contributed by atoms with Crippen LogP contribution in [0.1, 0.15) is 128 Å². The first-order chi connectivity index (χ1) is 28.6. The van der Waals surface area contributed by atoms with Crippen LogP contribution in [0.3, 0.4) is 0 Å². The van der Waals surface area contributed by atoms with E-state index in [4.69, 9.17) is 2.74 Å². The average Bonchev–Trinajstić information content (AvgIpc) is 3.75. The summed E-state index contributed by atoms with van der Waals surface area (Å²) in [6, 6.07) is 31.9. The van der Waals surface area contributed by atoms with Gasteiger partial charge in [-0.05, 0) is 102 Å². The van der Waals surface area contributed by atoms with E-state index in [0.29, 0.717) is 18.3 Å². The molecule has 4 aromatic carbocycles. The predicted molar refractivity (Wildman–Crippen MR) is 245 cm³/mol. The first kappa shape index (κ1) is 44.1. The summed E-state index contributed by atoms with van der Waals surface area (Å²) >= 11 is 0. The number of aliphatic hydroxyl groups excluding tert-OH is 1. The minimum absolute atomic E-state index is 0. The Morgan fingerprint density at radius 3 is 1.71 bits per heavy atom. The molecule has 0 amide bonds. The van der Waals surface area contributed by atoms with Crippen LogP contribution in [0.5, 0.6) is 0 Å². The molecule has 0 unspecified atom stereocenters. The summed E-state index contributed by atoms with van der Waals surface area (Å²) in [4.78, 5) is 20.8. The summed E-state index contributed by atoms with van der Waals surface area (Å²) in [7, 11) is 0. The topological polar surface area (TPSA) is 63.1 Å². The maximum absolute atomic E-state index is 11.9. The monoisotopic (exact) mass is 967 g/mol. The number of aryl methyl sites for hydroxylation is 5. The molecule has 0 saturated heterocycles. The van der Waals surface area contributed by atoms with Gasteiger partial charge in [0, 0.05) is 49.9 Å². The molecule has 7 rings (SSSR count). The van der Waals surface area contributed by atoms with Crippen molar-refractivity contribution in [1.29, 1.82) is 0 Å². The Morgan fingerprint density at radius 1 is 0.746 bits per heavy atom. The second-order valence-corrected chi connectivity index (χ2v) is 16.6. The molecule has 313 valence electrons. The molecule has 6 aromatic rings. The first-order valence-corrected chi connectivity index (χ1v) is 21.3. The molecule has 0 bridgehead atoms. The van der Waals surface area contributed by atoms with E-state index >= 15 is 0 Å². The molecule has 1 saturated carbocycles.